The molecule has 8 nitrogen and oxygen atoms in total. The summed E-state index contributed by atoms with van der Waals surface area (Å²) in [5.41, 5.74) is 6.42. The maximum absolute atomic E-state index is 11.5. The second kappa shape index (κ2) is 15.3. The highest BCUT2D eigenvalue weighted by atomic mass is 31.2. The topological polar surface area (TPSA) is 156 Å². The minimum atomic E-state index is -4.59. The lowest BCUT2D eigenvalue weighted by molar-refractivity contribution is 0.205. The van der Waals surface area contributed by atoms with Crippen LogP contribution in [0, 0.1) is 0 Å². The minimum absolute atomic E-state index is 0. The maximum atomic E-state index is 11.5. The zero-order chi connectivity index (χ0) is 35.0. The summed E-state index contributed by atoms with van der Waals surface area (Å²) >= 11 is 0. The van der Waals surface area contributed by atoms with E-state index < -0.39 is 26.9 Å². The van der Waals surface area contributed by atoms with Crippen molar-refractivity contribution in [3.8, 4) is 0 Å². The van der Waals surface area contributed by atoms with Gasteiger partial charge in [0.2, 0.25) is 0 Å². The monoisotopic (exact) mass is 680 g/mol. The number of benzene rings is 2. The fraction of sp³-hybridized carbons (Fsp3) is 0.647. The van der Waals surface area contributed by atoms with Crippen LogP contribution in [0.2, 0.25) is 0 Å². The van der Waals surface area contributed by atoms with Crippen molar-refractivity contribution >= 4 is 38.2 Å². The maximum Gasteiger partial charge on any atom is 0.358 e. The molecule has 6 N–H and O–H groups in total. The molecule has 0 spiro atoms. The second-order valence-electron chi connectivity index (χ2n) is 15.8. The number of aliphatic hydroxyl groups is 2. The van der Waals surface area contributed by atoms with Crippen LogP contribution in [0.1, 0.15) is 153 Å². The molecule has 0 aliphatic rings. The zero-order valence-electron chi connectivity index (χ0n) is 30.0. The van der Waals surface area contributed by atoms with Gasteiger partial charge in [0.25, 0.3) is 0 Å². The Morgan fingerprint density at radius 3 is 0.800 bits per heavy atom. The first-order chi connectivity index (χ1) is 19.4. The Labute approximate surface area is 287 Å². The van der Waals surface area contributed by atoms with Crippen LogP contribution in [0.3, 0.4) is 0 Å². The Morgan fingerprint density at radius 1 is 0.511 bits per heavy atom. The van der Waals surface area contributed by atoms with E-state index in [2.05, 4.69) is 96.9 Å². The summed E-state index contributed by atoms with van der Waals surface area (Å²) in [6.07, 6.45) is 1.68. The van der Waals surface area contributed by atoms with Gasteiger partial charge in [-0.2, -0.15) is 0 Å². The molecule has 2 aromatic rings. The van der Waals surface area contributed by atoms with E-state index in [4.69, 9.17) is 0 Å². The quantitative estimate of drug-likeness (QED) is 0.134. The Bertz CT molecular complexity index is 1220. The predicted molar refractivity (Wildman–Crippen MR) is 186 cm³/mol. The Balaban J connectivity index is 0.000000842. The molecule has 2 rings (SSSR count). The highest BCUT2D eigenvalue weighted by molar-refractivity contribution is 7.52. The molecule has 0 aliphatic heterocycles. The molecule has 0 saturated heterocycles. The molecule has 2 aromatic carbocycles. The standard InChI is InChI=1S/2C17H29O4P.Mg/c2*1-8-12-13(16(2,3)4)9-11(15(18)22(19,20)21)10-14(12)17(5,6)7;/h2*9-10,15,18H,8H2,1-7H3,(H2,19,20,21);. The smallest absolute Gasteiger partial charge is 0.358 e. The second-order valence-corrected chi connectivity index (χ2v) is 19.2. The molecule has 45 heavy (non-hydrogen) atoms. The van der Waals surface area contributed by atoms with E-state index in [0.29, 0.717) is 11.1 Å². The van der Waals surface area contributed by atoms with Crippen molar-refractivity contribution in [3.63, 3.8) is 0 Å². The first-order valence-electron chi connectivity index (χ1n) is 15.2. The molecular formula is C34H58MgO8P2. The van der Waals surface area contributed by atoms with Crippen LogP contribution in [0.15, 0.2) is 24.3 Å². The van der Waals surface area contributed by atoms with Gasteiger partial charge in [-0.05, 0) is 79.0 Å². The van der Waals surface area contributed by atoms with Gasteiger partial charge in [-0.15, -0.1) is 0 Å². The highest BCUT2D eigenvalue weighted by Gasteiger charge is 2.34. The summed E-state index contributed by atoms with van der Waals surface area (Å²) in [7, 11) is -9.18. The third-order valence-corrected chi connectivity index (χ3v) is 9.59. The molecule has 254 valence electrons. The van der Waals surface area contributed by atoms with Crippen molar-refractivity contribution in [2.75, 3.05) is 0 Å². The summed E-state index contributed by atoms with van der Waals surface area (Å²) in [5, 5.41) is 20.1. The van der Waals surface area contributed by atoms with Gasteiger partial charge in [-0.1, -0.05) is 121 Å². The van der Waals surface area contributed by atoms with Crippen molar-refractivity contribution in [1.29, 1.82) is 0 Å². The number of hydrogen-bond acceptors (Lipinski definition) is 4. The van der Waals surface area contributed by atoms with Gasteiger partial charge in [0, 0.05) is 23.1 Å². The Morgan fingerprint density at radius 2 is 0.689 bits per heavy atom. The SMILES string of the molecule is CCc1c(C(C)(C)C)cc(C(O)P(=O)(O)O)cc1C(C)(C)C.CCc1c(C(C)(C)C)cc(C(O)P(=O)(O)O)cc1C(C)(C)C.[Mg]. The molecule has 11 heteroatoms. The van der Waals surface area contributed by atoms with Crippen molar-refractivity contribution in [2.45, 2.75) is 143 Å². The van der Waals surface area contributed by atoms with E-state index in [9.17, 15) is 38.9 Å². The molecule has 0 saturated carbocycles. The first-order valence-corrected chi connectivity index (χ1v) is 18.6. The average molecular weight is 681 g/mol. The van der Waals surface area contributed by atoms with Gasteiger partial charge in [0.15, 0.2) is 11.7 Å². The van der Waals surface area contributed by atoms with Gasteiger partial charge < -0.3 is 29.8 Å². The van der Waals surface area contributed by atoms with Crippen LogP contribution in [0.25, 0.3) is 0 Å². The number of rotatable bonds is 6. The summed E-state index contributed by atoms with van der Waals surface area (Å²) in [6.45, 7) is 29.0. The molecule has 0 fully saturated rings. The number of aliphatic hydroxyl groups excluding tert-OH is 2. The molecular weight excluding hydrogens is 623 g/mol. The summed E-state index contributed by atoms with van der Waals surface area (Å²) < 4.78 is 22.9. The fourth-order valence-corrected chi connectivity index (χ4v) is 6.59. The lowest BCUT2D eigenvalue weighted by Crippen LogP contribution is -2.22. The largest absolute Gasteiger partial charge is 0.376 e. The zero-order valence-corrected chi connectivity index (χ0v) is 33.2. The molecule has 2 atom stereocenters. The van der Waals surface area contributed by atoms with E-state index in [1.165, 1.54) is 11.1 Å². The molecule has 0 amide bonds. The van der Waals surface area contributed by atoms with E-state index in [0.717, 1.165) is 35.1 Å². The van der Waals surface area contributed by atoms with Crippen LogP contribution in [0.5, 0.6) is 0 Å². The van der Waals surface area contributed by atoms with E-state index >= 15 is 0 Å². The van der Waals surface area contributed by atoms with Crippen molar-refractivity contribution in [1.82, 2.24) is 0 Å². The van der Waals surface area contributed by atoms with E-state index in [1.807, 2.05) is 0 Å². The normalized spacial score (nSPS) is 14.7. The summed E-state index contributed by atoms with van der Waals surface area (Å²) in [4.78, 5) is 37.3. The lowest BCUT2D eigenvalue weighted by Gasteiger charge is -2.31. The van der Waals surface area contributed by atoms with Crippen LogP contribution in [0.4, 0.5) is 0 Å². The minimum Gasteiger partial charge on any atom is -0.376 e. The predicted octanol–water partition coefficient (Wildman–Crippen LogP) is 7.64. The van der Waals surface area contributed by atoms with Gasteiger partial charge in [-0.25, -0.2) is 0 Å². The van der Waals surface area contributed by atoms with Gasteiger partial charge in [0.05, 0.1) is 0 Å². The fourth-order valence-electron chi connectivity index (χ4n) is 5.51. The van der Waals surface area contributed by atoms with Gasteiger partial charge in [-0.3, -0.25) is 9.13 Å². The molecule has 0 bridgehead atoms. The third-order valence-electron chi connectivity index (χ3n) is 7.72. The summed E-state index contributed by atoms with van der Waals surface area (Å²) in [6, 6.07) is 6.99. The molecule has 0 aliphatic carbocycles. The first kappa shape index (κ1) is 44.4. The van der Waals surface area contributed by atoms with Crippen molar-refractivity contribution < 1.29 is 38.9 Å². The molecule has 0 aromatic heterocycles. The number of hydrogen-bond donors (Lipinski definition) is 6. The Kier molecular flexibility index (Phi) is 15.1. The third kappa shape index (κ3) is 11.8. The summed E-state index contributed by atoms with van der Waals surface area (Å²) in [5.74, 6) is -3.55. The van der Waals surface area contributed by atoms with Crippen LogP contribution < -0.4 is 0 Å². The van der Waals surface area contributed by atoms with E-state index in [-0.39, 0.29) is 44.7 Å². The van der Waals surface area contributed by atoms with E-state index in [1.54, 1.807) is 24.3 Å². The van der Waals surface area contributed by atoms with Crippen LogP contribution >= 0.6 is 15.2 Å². The highest BCUT2D eigenvalue weighted by Crippen LogP contribution is 2.52. The van der Waals surface area contributed by atoms with Crippen LogP contribution in [-0.4, -0.2) is 52.8 Å². The molecule has 2 radical (unpaired) electrons. The van der Waals surface area contributed by atoms with Crippen molar-refractivity contribution in [2.24, 2.45) is 0 Å². The average Bonchev–Trinajstić information content (AvgIpc) is 2.83. The molecule has 2 unspecified atom stereocenters. The Hall–Kier alpha value is -0.574. The molecule has 0 heterocycles. The van der Waals surface area contributed by atoms with Crippen molar-refractivity contribution in [3.05, 3.63) is 68.8 Å². The van der Waals surface area contributed by atoms with Crippen LogP contribution in [-0.2, 0) is 43.6 Å². The van der Waals surface area contributed by atoms with Gasteiger partial charge >= 0.3 is 15.2 Å². The van der Waals surface area contributed by atoms with Gasteiger partial charge in [0.1, 0.15) is 0 Å². The lowest BCUT2D eigenvalue weighted by atomic mass is 9.74.